The van der Waals surface area contributed by atoms with Crippen molar-refractivity contribution in [3.05, 3.63) is 35.3 Å². The van der Waals surface area contributed by atoms with Crippen molar-refractivity contribution in [1.82, 2.24) is 19.7 Å². The van der Waals surface area contributed by atoms with Crippen LogP contribution < -0.4 is 0 Å². The standard InChI is InChI=1S/C10H11FN4O/c1-6-13-7(2)15(14-6)10-9(11)8(5-16)3-4-12-10/h3-4,16H,5H2,1-2H3. The fraction of sp³-hybridized carbons (Fsp3) is 0.300. The van der Waals surface area contributed by atoms with Crippen LogP contribution in [0.1, 0.15) is 17.2 Å². The average molecular weight is 222 g/mol. The van der Waals surface area contributed by atoms with E-state index in [2.05, 4.69) is 15.1 Å². The summed E-state index contributed by atoms with van der Waals surface area (Å²) in [7, 11) is 0. The molecule has 0 aliphatic rings. The largest absolute Gasteiger partial charge is 0.392 e. The number of aliphatic hydroxyl groups excluding tert-OH is 1. The van der Waals surface area contributed by atoms with Crippen LogP contribution in [0.25, 0.3) is 5.82 Å². The first kappa shape index (κ1) is 10.7. The topological polar surface area (TPSA) is 63.8 Å². The third kappa shape index (κ3) is 1.67. The Labute approximate surface area is 91.6 Å². The normalized spacial score (nSPS) is 10.8. The number of aliphatic hydroxyl groups is 1. The quantitative estimate of drug-likeness (QED) is 0.820. The molecular weight excluding hydrogens is 211 g/mol. The Morgan fingerprint density at radius 1 is 1.44 bits per heavy atom. The van der Waals surface area contributed by atoms with E-state index in [1.165, 1.54) is 16.9 Å². The summed E-state index contributed by atoms with van der Waals surface area (Å²) in [6.45, 7) is 3.07. The number of aryl methyl sites for hydroxylation is 2. The number of nitrogens with zero attached hydrogens (tertiary/aromatic N) is 4. The van der Waals surface area contributed by atoms with Crippen molar-refractivity contribution >= 4 is 0 Å². The molecule has 0 aliphatic carbocycles. The van der Waals surface area contributed by atoms with Gasteiger partial charge < -0.3 is 5.11 Å². The van der Waals surface area contributed by atoms with Gasteiger partial charge in [0.15, 0.2) is 11.6 Å². The van der Waals surface area contributed by atoms with E-state index in [9.17, 15) is 4.39 Å². The van der Waals surface area contributed by atoms with Crippen molar-refractivity contribution in [1.29, 1.82) is 0 Å². The molecule has 0 unspecified atom stereocenters. The van der Waals surface area contributed by atoms with Crippen LogP contribution in [0.4, 0.5) is 4.39 Å². The minimum Gasteiger partial charge on any atom is -0.392 e. The van der Waals surface area contributed by atoms with E-state index in [0.29, 0.717) is 11.6 Å². The van der Waals surface area contributed by atoms with E-state index in [1.54, 1.807) is 13.8 Å². The zero-order valence-electron chi connectivity index (χ0n) is 8.98. The molecule has 2 rings (SSSR count). The van der Waals surface area contributed by atoms with Gasteiger partial charge in [0, 0.05) is 11.8 Å². The Morgan fingerprint density at radius 3 is 2.75 bits per heavy atom. The summed E-state index contributed by atoms with van der Waals surface area (Å²) in [4.78, 5) is 7.97. The van der Waals surface area contributed by atoms with Crippen LogP contribution in [0.3, 0.4) is 0 Å². The lowest BCUT2D eigenvalue weighted by atomic mass is 10.2. The number of halogens is 1. The van der Waals surface area contributed by atoms with Crippen LogP contribution in [-0.4, -0.2) is 24.9 Å². The Balaban J connectivity index is 2.60. The summed E-state index contributed by atoms with van der Waals surface area (Å²) in [5.41, 5.74) is 0.192. The summed E-state index contributed by atoms with van der Waals surface area (Å²) in [6, 6.07) is 1.43. The molecule has 1 N–H and O–H groups in total. The maximum atomic E-state index is 13.8. The lowest BCUT2D eigenvalue weighted by Gasteiger charge is -2.05. The molecule has 2 aromatic heterocycles. The molecule has 0 aliphatic heterocycles. The van der Waals surface area contributed by atoms with Crippen molar-refractivity contribution in [3.8, 4) is 5.82 Å². The van der Waals surface area contributed by atoms with E-state index in [0.717, 1.165) is 0 Å². The van der Waals surface area contributed by atoms with Gasteiger partial charge in [-0.25, -0.2) is 14.4 Å². The second-order valence-corrected chi connectivity index (χ2v) is 3.38. The van der Waals surface area contributed by atoms with Crippen LogP contribution in [0.5, 0.6) is 0 Å². The molecule has 16 heavy (non-hydrogen) atoms. The van der Waals surface area contributed by atoms with Gasteiger partial charge in [-0.15, -0.1) is 5.10 Å². The molecule has 0 aromatic carbocycles. The fourth-order valence-corrected chi connectivity index (χ4v) is 1.46. The number of pyridine rings is 1. The molecule has 0 saturated carbocycles. The molecular formula is C10H11FN4O. The molecule has 0 radical (unpaired) electrons. The number of aromatic nitrogens is 4. The van der Waals surface area contributed by atoms with E-state index in [4.69, 9.17) is 5.11 Å². The van der Waals surface area contributed by atoms with Crippen molar-refractivity contribution in [2.75, 3.05) is 0 Å². The first-order valence-electron chi connectivity index (χ1n) is 4.78. The third-order valence-electron chi connectivity index (χ3n) is 2.20. The third-order valence-corrected chi connectivity index (χ3v) is 2.20. The highest BCUT2D eigenvalue weighted by atomic mass is 19.1. The van der Waals surface area contributed by atoms with Crippen LogP contribution in [0.15, 0.2) is 12.3 Å². The van der Waals surface area contributed by atoms with Gasteiger partial charge in [0.05, 0.1) is 6.61 Å². The molecule has 0 saturated heterocycles. The summed E-state index contributed by atoms with van der Waals surface area (Å²) in [5, 5.41) is 13.0. The zero-order chi connectivity index (χ0) is 11.7. The lowest BCUT2D eigenvalue weighted by molar-refractivity contribution is 0.275. The van der Waals surface area contributed by atoms with E-state index in [-0.39, 0.29) is 18.0 Å². The van der Waals surface area contributed by atoms with Crippen molar-refractivity contribution in [2.24, 2.45) is 0 Å². The first-order chi connectivity index (χ1) is 7.63. The van der Waals surface area contributed by atoms with Crippen LogP contribution in [-0.2, 0) is 6.61 Å². The Morgan fingerprint density at radius 2 is 2.19 bits per heavy atom. The second kappa shape index (κ2) is 3.97. The molecule has 2 aromatic rings. The van der Waals surface area contributed by atoms with Gasteiger partial charge in [-0.1, -0.05) is 0 Å². The van der Waals surface area contributed by atoms with Gasteiger partial charge in [-0.3, -0.25) is 0 Å². The maximum absolute atomic E-state index is 13.8. The van der Waals surface area contributed by atoms with Crippen molar-refractivity contribution in [3.63, 3.8) is 0 Å². The van der Waals surface area contributed by atoms with E-state index >= 15 is 0 Å². The van der Waals surface area contributed by atoms with Crippen molar-refractivity contribution in [2.45, 2.75) is 20.5 Å². The van der Waals surface area contributed by atoms with Gasteiger partial charge in [0.1, 0.15) is 11.6 Å². The van der Waals surface area contributed by atoms with Gasteiger partial charge in [-0.2, -0.15) is 4.68 Å². The SMILES string of the molecule is Cc1nc(C)n(-c2nccc(CO)c2F)n1. The monoisotopic (exact) mass is 222 g/mol. The summed E-state index contributed by atoms with van der Waals surface area (Å²) in [5.74, 6) is 0.592. The molecule has 84 valence electrons. The lowest BCUT2D eigenvalue weighted by Crippen LogP contribution is -2.07. The highest BCUT2D eigenvalue weighted by Gasteiger charge is 2.14. The number of hydrogen-bond donors (Lipinski definition) is 1. The highest BCUT2D eigenvalue weighted by molar-refractivity contribution is 5.30. The summed E-state index contributed by atoms with van der Waals surface area (Å²) < 4.78 is 15.2. The predicted octanol–water partition coefficient (Wildman–Crippen LogP) is 0.911. The Kier molecular flexibility index (Phi) is 2.66. The van der Waals surface area contributed by atoms with E-state index < -0.39 is 5.82 Å². The van der Waals surface area contributed by atoms with Gasteiger partial charge >= 0.3 is 0 Å². The molecule has 5 nitrogen and oxygen atoms in total. The number of rotatable bonds is 2. The van der Waals surface area contributed by atoms with Crippen LogP contribution >= 0.6 is 0 Å². The highest BCUT2D eigenvalue weighted by Crippen LogP contribution is 2.15. The molecule has 0 bridgehead atoms. The predicted molar refractivity (Wildman–Crippen MR) is 54.5 cm³/mol. The first-order valence-corrected chi connectivity index (χ1v) is 4.78. The summed E-state index contributed by atoms with van der Waals surface area (Å²) in [6.07, 6.45) is 1.43. The zero-order valence-corrected chi connectivity index (χ0v) is 8.98. The smallest absolute Gasteiger partial charge is 0.191 e. The summed E-state index contributed by atoms with van der Waals surface area (Å²) >= 11 is 0. The van der Waals surface area contributed by atoms with Crippen molar-refractivity contribution < 1.29 is 9.50 Å². The minimum atomic E-state index is -0.571. The Hall–Kier alpha value is -1.82. The molecule has 6 heteroatoms. The molecule has 0 spiro atoms. The number of hydrogen-bond acceptors (Lipinski definition) is 4. The van der Waals surface area contributed by atoms with Gasteiger partial charge in [0.25, 0.3) is 0 Å². The molecule has 0 fully saturated rings. The van der Waals surface area contributed by atoms with Crippen LogP contribution in [0.2, 0.25) is 0 Å². The average Bonchev–Trinajstić information content (AvgIpc) is 2.58. The van der Waals surface area contributed by atoms with Crippen LogP contribution in [0, 0.1) is 19.7 Å². The molecule has 2 heterocycles. The molecule has 0 atom stereocenters. The maximum Gasteiger partial charge on any atom is 0.191 e. The molecule has 0 amide bonds. The Bertz CT molecular complexity index is 524. The van der Waals surface area contributed by atoms with Gasteiger partial charge in [0.2, 0.25) is 0 Å². The minimum absolute atomic E-state index is 0.0599. The second-order valence-electron chi connectivity index (χ2n) is 3.38. The fourth-order valence-electron chi connectivity index (χ4n) is 1.46. The van der Waals surface area contributed by atoms with Gasteiger partial charge in [-0.05, 0) is 19.9 Å². The van der Waals surface area contributed by atoms with E-state index in [1.807, 2.05) is 0 Å².